The number of likely N-dealkylation sites (tertiary alicyclic amines) is 1. The van der Waals surface area contributed by atoms with Gasteiger partial charge in [-0.25, -0.2) is 4.79 Å². The van der Waals surface area contributed by atoms with Crippen molar-refractivity contribution in [2.75, 3.05) is 19.6 Å². The first-order valence-corrected chi connectivity index (χ1v) is 9.78. The van der Waals surface area contributed by atoms with Gasteiger partial charge in [0.2, 0.25) is 5.82 Å². The van der Waals surface area contributed by atoms with Crippen molar-refractivity contribution >= 4 is 6.03 Å². The summed E-state index contributed by atoms with van der Waals surface area (Å²) in [6.07, 6.45) is -0.0579. The molecule has 3 aromatic rings. The predicted octanol–water partition coefficient (Wildman–Crippen LogP) is 3.83. The third kappa shape index (κ3) is 4.39. The number of amides is 2. The lowest BCUT2D eigenvalue weighted by Crippen LogP contribution is -2.59. The Labute approximate surface area is 169 Å². The quantitative estimate of drug-likeness (QED) is 0.690. The van der Waals surface area contributed by atoms with E-state index >= 15 is 0 Å². The number of ether oxygens (including phenoxy) is 1. The van der Waals surface area contributed by atoms with Crippen LogP contribution in [0.3, 0.4) is 0 Å². The van der Waals surface area contributed by atoms with E-state index in [1.54, 1.807) is 4.90 Å². The molecule has 0 spiro atoms. The third-order valence-corrected chi connectivity index (χ3v) is 4.67. The minimum Gasteiger partial charge on any atom is -0.486 e. The Bertz CT molecular complexity index is 965. The number of hydrogen-bond donors (Lipinski definition) is 1. The van der Waals surface area contributed by atoms with E-state index in [4.69, 9.17) is 9.26 Å². The van der Waals surface area contributed by atoms with E-state index < -0.39 is 0 Å². The van der Waals surface area contributed by atoms with Crippen molar-refractivity contribution in [2.45, 2.75) is 20.0 Å². The molecule has 150 valence electrons. The van der Waals surface area contributed by atoms with Gasteiger partial charge in [0.25, 0.3) is 5.89 Å². The Balaban J connectivity index is 1.41. The molecule has 7 heteroatoms. The lowest BCUT2D eigenvalue weighted by atomic mass is 10.1. The molecule has 0 bridgehead atoms. The normalized spacial score (nSPS) is 14.0. The Morgan fingerprint density at radius 2 is 1.90 bits per heavy atom. The van der Waals surface area contributed by atoms with Crippen LogP contribution in [0.1, 0.15) is 13.8 Å². The fourth-order valence-electron chi connectivity index (χ4n) is 3.04. The highest BCUT2D eigenvalue weighted by Crippen LogP contribution is 2.31. The minimum absolute atomic E-state index is 0.0451. The van der Waals surface area contributed by atoms with Crippen molar-refractivity contribution in [2.24, 2.45) is 5.92 Å². The first-order chi connectivity index (χ1) is 14.1. The number of nitrogens with zero attached hydrogens (tertiary/aromatic N) is 3. The molecule has 1 aliphatic rings. The maximum Gasteiger partial charge on any atom is 0.317 e. The Morgan fingerprint density at radius 1 is 1.17 bits per heavy atom. The summed E-state index contributed by atoms with van der Waals surface area (Å²) in [6, 6.07) is 17.2. The summed E-state index contributed by atoms with van der Waals surface area (Å²) in [5, 5.41) is 7.01. The van der Waals surface area contributed by atoms with Crippen LogP contribution in [0.15, 0.2) is 59.1 Å². The Kier molecular flexibility index (Phi) is 5.46. The zero-order valence-electron chi connectivity index (χ0n) is 16.5. The third-order valence-electron chi connectivity index (χ3n) is 4.67. The number of carbonyl (C=O) groups excluding carboxylic acids is 1. The van der Waals surface area contributed by atoms with Crippen LogP contribution >= 0.6 is 0 Å². The zero-order valence-corrected chi connectivity index (χ0v) is 16.5. The number of para-hydroxylation sites is 1. The van der Waals surface area contributed by atoms with Crippen LogP contribution in [0.2, 0.25) is 0 Å². The Morgan fingerprint density at radius 3 is 2.66 bits per heavy atom. The monoisotopic (exact) mass is 392 g/mol. The van der Waals surface area contributed by atoms with E-state index in [0.29, 0.717) is 43.0 Å². The molecular formula is C22H24N4O3. The lowest BCUT2D eigenvalue weighted by Gasteiger charge is -2.39. The van der Waals surface area contributed by atoms with E-state index in [-0.39, 0.29) is 12.1 Å². The van der Waals surface area contributed by atoms with Gasteiger partial charge in [-0.15, -0.1) is 0 Å². The molecule has 2 heterocycles. The first-order valence-electron chi connectivity index (χ1n) is 9.78. The average Bonchev–Trinajstić information content (AvgIpc) is 3.19. The lowest BCUT2D eigenvalue weighted by molar-refractivity contribution is 0.0445. The predicted molar refractivity (Wildman–Crippen MR) is 109 cm³/mol. The molecule has 1 aliphatic heterocycles. The second kappa shape index (κ2) is 8.34. The molecule has 7 nitrogen and oxygen atoms in total. The van der Waals surface area contributed by atoms with Crippen molar-refractivity contribution < 1.29 is 14.1 Å². The topological polar surface area (TPSA) is 80.5 Å². The van der Waals surface area contributed by atoms with Crippen molar-refractivity contribution in [3.05, 3.63) is 54.6 Å². The number of nitrogens with one attached hydrogen (secondary N) is 1. The smallest absolute Gasteiger partial charge is 0.317 e. The largest absolute Gasteiger partial charge is 0.486 e. The van der Waals surface area contributed by atoms with Gasteiger partial charge in [-0.3, -0.25) is 0 Å². The number of rotatable bonds is 6. The summed E-state index contributed by atoms with van der Waals surface area (Å²) in [6.45, 7) is 5.92. The number of urea groups is 1. The van der Waals surface area contributed by atoms with Crippen LogP contribution in [-0.4, -0.2) is 46.8 Å². The highest BCUT2D eigenvalue weighted by molar-refractivity contribution is 5.75. The fraction of sp³-hybridized carbons (Fsp3) is 0.318. The number of hydrogen-bond acceptors (Lipinski definition) is 5. The number of benzene rings is 2. The average molecular weight is 392 g/mol. The van der Waals surface area contributed by atoms with Gasteiger partial charge in [0, 0.05) is 12.1 Å². The second-order valence-electron chi connectivity index (χ2n) is 7.51. The number of aromatic nitrogens is 2. The maximum absolute atomic E-state index is 12.1. The van der Waals surface area contributed by atoms with Crippen LogP contribution in [0, 0.1) is 5.92 Å². The molecule has 0 radical (unpaired) electrons. The van der Waals surface area contributed by atoms with E-state index in [1.165, 1.54) is 0 Å². The summed E-state index contributed by atoms with van der Waals surface area (Å²) in [4.78, 5) is 18.3. The van der Waals surface area contributed by atoms with Crippen LogP contribution in [0.5, 0.6) is 5.75 Å². The molecule has 1 saturated heterocycles. The highest BCUT2D eigenvalue weighted by Gasteiger charge is 2.33. The molecule has 1 fully saturated rings. The summed E-state index contributed by atoms with van der Waals surface area (Å²) in [7, 11) is 0. The zero-order chi connectivity index (χ0) is 20.2. The molecule has 2 aromatic carbocycles. The molecule has 29 heavy (non-hydrogen) atoms. The molecule has 4 rings (SSSR count). The van der Waals surface area contributed by atoms with Crippen LogP contribution in [-0.2, 0) is 0 Å². The highest BCUT2D eigenvalue weighted by atomic mass is 16.5. The summed E-state index contributed by atoms with van der Waals surface area (Å²) >= 11 is 0. The fourth-order valence-corrected chi connectivity index (χ4v) is 3.04. The standard InChI is InChI=1S/C22H24N4O3/c1-15(2)12-23-22(27)26-13-17(14-26)28-19-11-7-6-10-18(19)21-24-20(25-29-21)16-8-4-3-5-9-16/h3-11,15,17H,12-14H2,1-2H3,(H,23,27). The first kappa shape index (κ1) is 19.0. The van der Waals surface area contributed by atoms with E-state index in [9.17, 15) is 4.79 Å². The van der Waals surface area contributed by atoms with Crippen molar-refractivity contribution in [3.8, 4) is 28.6 Å². The summed E-state index contributed by atoms with van der Waals surface area (Å²) < 4.78 is 11.6. The van der Waals surface area contributed by atoms with Gasteiger partial charge in [-0.2, -0.15) is 4.98 Å². The molecule has 1 aromatic heterocycles. The summed E-state index contributed by atoms with van der Waals surface area (Å²) in [5.41, 5.74) is 1.63. The van der Waals surface area contributed by atoms with Gasteiger partial charge in [0.1, 0.15) is 11.9 Å². The van der Waals surface area contributed by atoms with Crippen LogP contribution in [0.4, 0.5) is 4.79 Å². The van der Waals surface area contributed by atoms with Gasteiger partial charge >= 0.3 is 6.03 Å². The van der Waals surface area contributed by atoms with E-state index in [1.807, 2.05) is 54.6 Å². The molecule has 2 amide bonds. The SMILES string of the molecule is CC(C)CNC(=O)N1CC(Oc2ccccc2-c2nc(-c3ccccc3)no2)C1. The van der Waals surface area contributed by atoms with Crippen LogP contribution in [0.25, 0.3) is 22.8 Å². The van der Waals surface area contributed by atoms with E-state index in [0.717, 1.165) is 11.1 Å². The number of carbonyl (C=O) groups is 1. The van der Waals surface area contributed by atoms with Gasteiger partial charge in [-0.1, -0.05) is 61.5 Å². The van der Waals surface area contributed by atoms with E-state index in [2.05, 4.69) is 29.3 Å². The maximum atomic E-state index is 12.1. The molecule has 0 aliphatic carbocycles. The van der Waals surface area contributed by atoms with Crippen molar-refractivity contribution in [3.63, 3.8) is 0 Å². The van der Waals surface area contributed by atoms with Gasteiger partial charge in [0.05, 0.1) is 18.7 Å². The van der Waals surface area contributed by atoms with Crippen LogP contribution < -0.4 is 10.1 Å². The molecular weight excluding hydrogens is 368 g/mol. The minimum atomic E-state index is -0.0579. The molecule has 1 N–H and O–H groups in total. The van der Waals surface area contributed by atoms with Gasteiger partial charge in [-0.05, 0) is 18.1 Å². The van der Waals surface area contributed by atoms with Crippen molar-refractivity contribution in [1.29, 1.82) is 0 Å². The van der Waals surface area contributed by atoms with Crippen molar-refractivity contribution in [1.82, 2.24) is 20.4 Å². The van der Waals surface area contributed by atoms with Gasteiger partial charge in [0.15, 0.2) is 0 Å². The summed E-state index contributed by atoms with van der Waals surface area (Å²) in [5.74, 6) is 2.04. The molecule has 0 saturated carbocycles. The van der Waals surface area contributed by atoms with Gasteiger partial charge < -0.3 is 19.5 Å². The Hall–Kier alpha value is -3.35. The molecule has 0 atom stereocenters. The second-order valence-corrected chi connectivity index (χ2v) is 7.51. The molecule has 0 unspecified atom stereocenters.